The summed E-state index contributed by atoms with van der Waals surface area (Å²) in [4.78, 5) is 9.19. The summed E-state index contributed by atoms with van der Waals surface area (Å²) in [5.41, 5.74) is 3.28. The van der Waals surface area contributed by atoms with Gasteiger partial charge in [-0.25, -0.2) is 9.97 Å². The van der Waals surface area contributed by atoms with Crippen molar-refractivity contribution in [2.45, 2.75) is 32.6 Å². The first-order valence-corrected chi connectivity index (χ1v) is 6.61. The van der Waals surface area contributed by atoms with Crippen LogP contribution in [0.15, 0.2) is 36.5 Å². The minimum absolute atomic E-state index is 0.810. The van der Waals surface area contributed by atoms with Crippen LogP contribution in [0.1, 0.15) is 31.9 Å². The van der Waals surface area contributed by atoms with E-state index in [4.69, 9.17) is 0 Å². The van der Waals surface area contributed by atoms with Gasteiger partial charge in [-0.15, -0.1) is 0 Å². The van der Waals surface area contributed by atoms with Crippen LogP contribution in [0, 0.1) is 0 Å². The smallest absolute Gasteiger partial charge is 0.235 e. The average molecular weight is 239 g/mol. The molecule has 3 aromatic rings. The van der Waals surface area contributed by atoms with E-state index in [2.05, 4.69) is 39.6 Å². The summed E-state index contributed by atoms with van der Waals surface area (Å²) in [6.45, 7) is 2.22. The van der Waals surface area contributed by atoms with Crippen molar-refractivity contribution in [1.82, 2.24) is 14.4 Å². The van der Waals surface area contributed by atoms with Crippen LogP contribution >= 0.6 is 0 Å². The van der Waals surface area contributed by atoms with Crippen LogP contribution in [0.5, 0.6) is 0 Å². The van der Waals surface area contributed by atoms with Gasteiger partial charge in [0.25, 0.3) is 0 Å². The number of rotatable bonds is 4. The Labute approximate surface area is 106 Å². The lowest BCUT2D eigenvalue weighted by atomic mass is 10.1. The molecule has 1 aromatic carbocycles. The van der Waals surface area contributed by atoms with Gasteiger partial charge in [0.1, 0.15) is 0 Å². The fraction of sp³-hybridized carbons (Fsp3) is 0.333. The summed E-state index contributed by atoms with van der Waals surface area (Å²) in [6.07, 6.45) is 6.85. The molecule has 0 radical (unpaired) electrons. The van der Waals surface area contributed by atoms with Crippen molar-refractivity contribution in [2.75, 3.05) is 0 Å². The Bertz CT molecular complexity index is 670. The van der Waals surface area contributed by atoms with E-state index in [1.54, 1.807) is 0 Å². The Kier molecular flexibility index (Phi) is 2.97. The van der Waals surface area contributed by atoms with E-state index in [1.807, 2.05) is 18.2 Å². The highest BCUT2D eigenvalue weighted by molar-refractivity contribution is 5.79. The normalized spacial score (nSPS) is 11.4. The standard InChI is InChI=1S/C15H17N3/c1-2-3-4-7-12-10-11-18-14-9-6-5-8-13(14)17-15(18)16-12/h5-6,8-11H,2-4,7H2,1H3. The lowest BCUT2D eigenvalue weighted by Crippen LogP contribution is -1.95. The number of hydrogen-bond donors (Lipinski definition) is 0. The van der Waals surface area contributed by atoms with E-state index in [0.29, 0.717) is 0 Å². The number of fused-ring (bicyclic) bond motifs is 3. The SMILES string of the molecule is CCCCCc1ccn2c(n1)nc1ccccc12. The number of para-hydroxylation sites is 2. The maximum atomic E-state index is 4.64. The molecule has 0 aliphatic carbocycles. The Morgan fingerprint density at radius 3 is 2.83 bits per heavy atom. The molecular weight excluding hydrogens is 222 g/mol. The van der Waals surface area contributed by atoms with Gasteiger partial charge in [-0.05, 0) is 31.0 Å². The zero-order valence-electron chi connectivity index (χ0n) is 10.6. The van der Waals surface area contributed by atoms with Crippen molar-refractivity contribution < 1.29 is 0 Å². The molecule has 0 saturated heterocycles. The van der Waals surface area contributed by atoms with Gasteiger partial charge in [-0.3, -0.25) is 4.40 Å². The number of nitrogens with zero attached hydrogens (tertiary/aromatic N) is 3. The van der Waals surface area contributed by atoms with Crippen LogP contribution in [-0.2, 0) is 6.42 Å². The first kappa shape index (κ1) is 11.2. The molecule has 3 nitrogen and oxygen atoms in total. The molecule has 0 aliphatic heterocycles. The molecule has 3 heteroatoms. The quantitative estimate of drug-likeness (QED) is 0.651. The van der Waals surface area contributed by atoms with Crippen molar-refractivity contribution in [3.8, 4) is 0 Å². The monoisotopic (exact) mass is 239 g/mol. The zero-order valence-corrected chi connectivity index (χ0v) is 10.6. The lowest BCUT2D eigenvalue weighted by Gasteiger charge is -2.00. The third-order valence-corrected chi connectivity index (χ3v) is 3.27. The van der Waals surface area contributed by atoms with Gasteiger partial charge in [0.15, 0.2) is 0 Å². The molecule has 0 amide bonds. The summed E-state index contributed by atoms with van der Waals surface area (Å²) in [7, 11) is 0. The maximum absolute atomic E-state index is 4.64. The molecule has 0 aliphatic rings. The Hall–Kier alpha value is -1.90. The topological polar surface area (TPSA) is 30.2 Å². The van der Waals surface area contributed by atoms with E-state index in [1.165, 1.54) is 19.3 Å². The van der Waals surface area contributed by atoms with Gasteiger partial charge in [0, 0.05) is 11.9 Å². The molecule has 0 fully saturated rings. The summed E-state index contributed by atoms with van der Waals surface area (Å²) in [6, 6.07) is 10.3. The van der Waals surface area contributed by atoms with Gasteiger partial charge >= 0.3 is 0 Å². The maximum Gasteiger partial charge on any atom is 0.235 e. The minimum atomic E-state index is 0.810. The van der Waals surface area contributed by atoms with E-state index in [9.17, 15) is 0 Å². The lowest BCUT2D eigenvalue weighted by molar-refractivity contribution is 0.707. The number of hydrogen-bond acceptors (Lipinski definition) is 2. The first-order valence-electron chi connectivity index (χ1n) is 6.61. The van der Waals surface area contributed by atoms with Crippen molar-refractivity contribution in [3.05, 3.63) is 42.2 Å². The second-order valence-corrected chi connectivity index (χ2v) is 4.65. The van der Waals surface area contributed by atoms with Gasteiger partial charge in [-0.1, -0.05) is 31.9 Å². The highest BCUT2D eigenvalue weighted by atomic mass is 15.1. The highest BCUT2D eigenvalue weighted by Gasteiger charge is 2.05. The number of unbranched alkanes of at least 4 members (excludes halogenated alkanes) is 2. The Morgan fingerprint density at radius 1 is 1.06 bits per heavy atom. The summed E-state index contributed by atoms with van der Waals surface area (Å²) in [5.74, 6) is 0.810. The Balaban J connectivity index is 1.99. The molecule has 0 bridgehead atoms. The zero-order chi connectivity index (χ0) is 12.4. The number of benzene rings is 1. The second kappa shape index (κ2) is 4.77. The largest absolute Gasteiger partial charge is 0.284 e. The molecule has 0 saturated carbocycles. The van der Waals surface area contributed by atoms with Crippen LogP contribution in [0.2, 0.25) is 0 Å². The predicted octanol–water partition coefficient (Wildman–Crippen LogP) is 3.62. The van der Waals surface area contributed by atoms with Gasteiger partial charge in [0.2, 0.25) is 5.78 Å². The van der Waals surface area contributed by atoms with Crippen molar-refractivity contribution >= 4 is 16.8 Å². The number of imidazole rings is 1. The fourth-order valence-corrected chi connectivity index (χ4v) is 2.28. The molecule has 0 unspecified atom stereocenters. The van der Waals surface area contributed by atoms with E-state index >= 15 is 0 Å². The van der Waals surface area contributed by atoms with Crippen LogP contribution in [0.4, 0.5) is 0 Å². The molecule has 92 valence electrons. The summed E-state index contributed by atoms with van der Waals surface area (Å²) >= 11 is 0. The molecule has 3 rings (SSSR count). The third-order valence-electron chi connectivity index (χ3n) is 3.27. The molecule has 0 spiro atoms. The van der Waals surface area contributed by atoms with E-state index < -0.39 is 0 Å². The molecule has 2 heterocycles. The highest BCUT2D eigenvalue weighted by Crippen LogP contribution is 2.15. The van der Waals surface area contributed by atoms with E-state index in [0.717, 1.165) is 28.9 Å². The molecular formula is C15H17N3. The van der Waals surface area contributed by atoms with Crippen molar-refractivity contribution in [3.63, 3.8) is 0 Å². The van der Waals surface area contributed by atoms with E-state index in [-0.39, 0.29) is 0 Å². The second-order valence-electron chi connectivity index (χ2n) is 4.65. The van der Waals surface area contributed by atoms with Crippen molar-refractivity contribution in [2.24, 2.45) is 0 Å². The van der Waals surface area contributed by atoms with Gasteiger partial charge in [-0.2, -0.15) is 0 Å². The van der Waals surface area contributed by atoms with Gasteiger partial charge < -0.3 is 0 Å². The van der Waals surface area contributed by atoms with Crippen LogP contribution < -0.4 is 0 Å². The van der Waals surface area contributed by atoms with Crippen LogP contribution in [0.25, 0.3) is 16.8 Å². The van der Waals surface area contributed by atoms with Crippen molar-refractivity contribution in [1.29, 1.82) is 0 Å². The van der Waals surface area contributed by atoms with Gasteiger partial charge in [0.05, 0.1) is 11.0 Å². The first-order chi connectivity index (χ1) is 8.88. The molecule has 18 heavy (non-hydrogen) atoms. The predicted molar refractivity (Wildman–Crippen MR) is 73.7 cm³/mol. The van der Waals surface area contributed by atoms with Crippen LogP contribution in [0.3, 0.4) is 0 Å². The molecule has 0 atom stereocenters. The third kappa shape index (κ3) is 1.96. The average Bonchev–Trinajstić information content (AvgIpc) is 2.76. The minimum Gasteiger partial charge on any atom is -0.284 e. The summed E-state index contributed by atoms with van der Waals surface area (Å²) in [5, 5.41) is 0. The summed E-state index contributed by atoms with van der Waals surface area (Å²) < 4.78 is 2.05. The number of aryl methyl sites for hydroxylation is 1. The molecule has 2 aromatic heterocycles. The molecule has 0 N–H and O–H groups in total. The fourth-order valence-electron chi connectivity index (χ4n) is 2.28. The van der Waals surface area contributed by atoms with Crippen LogP contribution in [-0.4, -0.2) is 14.4 Å². The number of aromatic nitrogens is 3. The Morgan fingerprint density at radius 2 is 1.94 bits per heavy atom.